The van der Waals surface area contributed by atoms with E-state index in [1.54, 1.807) is 13.8 Å². The predicted octanol–water partition coefficient (Wildman–Crippen LogP) is 3.02. The van der Waals surface area contributed by atoms with E-state index in [2.05, 4.69) is 11.3 Å². The largest absolute Gasteiger partial charge is 0.452 e. The molecule has 1 N–H and O–H groups in total. The number of carbonyl (C=O) groups is 2. The Hall–Kier alpha value is -1.61. The van der Waals surface area contributed by atoms with Gasteiger partial charge in [0.1, 0.15) is 4.90 Å². The van der Waals surface area contributed by atoms with E-state index in [4.69, 9.17) is 27.9 Å². The van der Waals surface area contributed by atoms with Crippen LogP contribution in [0.4, 0.5) is 0 Å². The number of nitrogens with one attached hydrogen (secondary N) is 1. The van der Waals surface area contributed by atoms with E-state index in [1.165, 1.54) is 11.0 Å². The van der Waals surface area contributed by atoms with Crippen LogP contribution in [0.25, 0.3) is 0 Å². The zero-order valence-electron chi connectivity index (χ0n) is 15.6. The van der Waals surface area contributed by atoms with Gasteiger partial charge in [0.05, 0.1) is 15.6 Å². The molecule has 1 amide bonds. The molecule has 0 aromatic heterocycles. The number of likely N-dealkylation sites (N-methyl/N-ethyl adjacent to an activating group) is 1. The molecule has 0 radical (unpaired) electrons. The fraction of sp³-hybridized carbons (Fsp3) is 0.444. The van der Waals surface area contributed by atoms with E-state index in [-0.39, 0.29) is 26.5 Å². The molecule has 1 aliphatic rings. The van der Waals surface area contributed by atoms with Crippen LogP contribution >= 0.6 is 23.2 Å². The first kappa shape index (κ1) is 22.7. The number of ether oxygens (including phenoxy) is 1. The smallest absolute Gasteiger partial charge is 0.340 e. The Labute approximate surface area is 174 Å². The summed E-state index contributed by atoms with van der Waals surface area (Å²) < 4.78 is 32.4. The quantitative estimate of drug-likeness (QED) is 0.462. The second kappa shape index (κ2) is 9.26. The van der Waals surface area contributed by atoms with Crippen molar-refractivity contribution in [3.63, 3.8) is 0 Å². The molecule has 0 heterocycles. The van der Waals surface area contributed by atoms with E-state index in [0.29, 0.717) is 13.1 Å². The molecule has 10 heteroatoms. The van der Waals surface area contributed by atoms with Crippen LogP contribution in [0.3, 0.4) is 0 Å². The lowest BCUT2D eigenvalue weighted by molar-refractivity contribution is -0.133. The Kier molecular flexibility index (Phi) is 7.50. The normalized spacial score (nSPS) is 13.9. The summed E-state index contributed by atoms with van der Waals surface area (Å²) in [4.78, 5) is 25.8. The number of esters is 1. The lowest BCUT2D eigenvalue weighted by Crippen LogP contribution is -2.35. The maximum absolute atomic E-state index is 12.4. The van der Waals surface area contributed by atoms with Crippen molar-refractivity contribution >= 4 is 45.1 Å². The van der Waals surface area contributed by atoms with Crippen LogP contribution in [-0.2, 0) is 19.6 Å². The highest BCUT2D eigenvalue weighted by molar-refractivity contribution is 7.89. The SMILES string of the molecule is C=C(C)CN(CC)C(=O)COC(=O)c1cc(S(=O)(=O)NC2CC2)c(Cl)cc1Cl. The zero-order valence-corrected chi connectivity index (χ0v) is 18.0. The van der Waals surface area contributed by atoms with Gasteiger partial charge in [-0.25, -0.2) is 17.9 Å². The lowest BCUT2D eigenvalue weighted by Gasteiger charge is -2.20. The van der Waals surface area contributed by atoms with Gasteiger partial charge in [-0.1, -0.05) is 35.4 Å². The van der Waals surface area contributed by atoms with E-state index < -0.39 is 28.5 Å². The van der Waals surface area contributed by atoms with Gasteiger partial charge in [-0.05, 0) is 38.8 Å². The molecular weight excluding hydrogens is 427 g/mol. The van der Waals surface area contributed by atoms with Gasteiger partial charge in [0.15, 0.2) is 6.61 Å². The van der Waals surface area contributed by atoms with Gasteiger partial charge >= 0.3 is 5.97 Å². The van der Waals surface area contributed by atoms with Crippen LogP contribution in [0, 0.1) is 0 Å². The number of rotatable bonds is 9. The molecular formula is C18H22Cl2N2O5S. The highest BCUT2D eigenvalue weighted by atomic mass is 35.5. The number of hydrogen-bond acceptors (Lipinski definition) is 5. The summed E-state index contributed by atoms with van der Waals surface area (Å²) in [6.07, 6.45) is 1.50. The molecule has 0 bridgehead atoms. The molecule has 0 spiro atoms. The Morgan fingerprint density at radius 2 is 1.93 bits per heavy atom. The molecule has 1 fully saturated rings. The first-order valence-electron chi connectivity index (χ1n) is 8.65. The van der Waals surface area contributed by atoms with Gasteiger partial charge in [-0.3, -0.25) is 4.79 Å². The second-order valence-electron chi connectivity index (χ2n) is 6.60. The first-order chi connectivity index (χ1) is 13.0. The summed E-state index contributed by atoms with van der Waals surface area (Å²) in [5.74, 6) is -1.31. The maximum atomic E-state index is 12.4. The van der Waals surface area contributed by atoms with Crippen LogP contribution in [-0.4, -0.2) is 50.9 Å². The fourth-order valence-corrected chi connectivity index (χ4v) is 4.53. The molecule has 0 atom stereocenters. The molecule has 0 saturated heterocycles. The minimum atomic E-state index is -3.90. The minimum Gasteiger partial charge on any atom is -0.452 e. The lowest BCUT2D eigenvalue weighted by atomic mass is 10.2. The number of carbonyl (C=O) groups excluding carboxylic acids is 2. The van der Waals surface area contributed by atoms with Gasteiger partial charge in [-0.15, -0.1) is 0 Å². The standard InChI is InChI=1S/C18H22Cl2N2O5S/c1-4-22(9-11(2)3)17(23)10-27-18(24)13-7-16(15(20)8-14(13)19)28(25,26)21-12-5-6-12/h7-8,12,21H,2,4-6,9-10H2,1,3H3. The fourth-order valence-electron chi connectivity index (χ4n) is 2.37. The van der Waals surface area contributed by atoms with Crippen LogP contribution in [0.1, 0.15) is 37.0 Å². The van der Waals surface area contributed by atoms with Gasteiger partial charge in [0, 0.05) is 19.1 Å². The number of amides is 1. The van der Waals surface area contributed by atoms with Gasteiger partial charge in [-0.2, -0.15) is 0 Å². The molecule has 1 aromatic carbocycles. The molecule has 0 unspecified atom stereocenters. The van der Waals surface area contributed by atoms with Crippen molar-refractivity contribution in [3.05, 3.63) is 39.9 Å². The Balaban J connectivity index is 2.15. The van der Waals surface area contributed by atoms with Crippen LogP contribution < -0.4 is 4.72 Å². The molecule has 2 rings (SSSR count). The zero-order chi connectivity index (χ0) is 21.1. The Morgan fingerprint density at radius 1 is 1.29 bits per heavy atom. The van der Waals surface area contributed by atoms with Crippen molar-refractivity contribution in [3.8, 4) is 0 Å². The van der Waals surface area contributed by atoms with Crippen molar-refractivity contribution < 1.29 is 22.7 Å². The average Bonchev–Trinajstić information content (AvgIpc) is 3.40. The first-order valence-corrected chi connectivity index (χ1v) is 10.9. The summed E-state index contributed by atoms with van der Waals surface area (Å²) in [6, 6.07) is 2.11. The number of sulfonamides is 1. The van der Waals surface area contributed by atoms with E-state index in [1.807, 2.05) is 0 Å². The maximum Gasteiger partial charge on any atom is 0.340 e. The van der Waals surface area contributed by atoms with Crippen LogP contribution in [0.5, 0.6) is 0 Å². The van der Waals surface area contributed by atoms with Crippen molar-refractivity contribution in [1.29, 1.82) is 0 Å². The minimum absolute atomic E-state index is 0.0675. The van der Waals surface area contributed by atoms with Gasteiger partial charge in [0.25, 0.3) is 5.91 Å². The molecule has 154 valence electrons. The second-order valence-corrected chi connectivity index (χ2v) is 9.10. The van der Waals surface area contributed by atoms with Crippen LogP contribution in [0.2, 0.25) is 10.0 Å². The summed E-state index contributed by atoms with van der Waals surface area (Å²) in [7, 11) is -3.90. The van der Waals surface area contributed by atoms with Gasteiger partial charge < -0.3 is 9.64 Å². The summed E-state index contributed by atoms with van der Waals surface area (Å²) in [5, 5.41) is -0.175. The van der Waals surface area contributed by atoms with E-state index in [0.717, 1.165) is 24.5 Å². The summed E-state index contributed by atoms with van der Waals surface area (Å²) in [6.45, 7) is 7.61. The molecule has 0 aliphatic heterocycles. The monoisotopic (exact) mass is 448 g/mol. The van der Waals surface area contributed by atoms with Crippen molar-refractivity contribution in [2.24, 2.45) is 0 Å². The van der Waals surface area contributed by atoms with E-state index >= 15 is 0 Å². The molecule has 1 saturated carbocycles. The topological polar surface area (TPSA) is 92.8 Å². The van der Waals surface area contributed by atoms with Crippen LogP contribution in [0.15, 0.2) is 29.2 Å². The third-order valence-electron chi connectivity index (χ3n) is 3.95. The average molecular weight is 449 g/mol. The molecule has 7 nitrogen and oxygen atoms in total. The summed E-state index contributed by atoms with van der Waals surface area (Å²) >= 11 is 12.0. The number of benzene rings is 1. The number of halogens is 2. The number of hydrogen-bond donors (Lipinski definition) is 1. The van der Waals surface area contributed by atoms with Crippen molar-refractivity contribution in [1.82, 2.24) is 9.62 Å². The summed E-state index contributed by atoms with van der Waals surface area (Å²) in [5.41, 5.74) is 0.610. The number of nitrogens with zero attached hydrogens (tertiary/aromatic N) is 1. The Morgan fingerprint density at radius 3 is 2.46 bits per heavy atom. The highest BCUT2D eigenvalue weighted by Crippen LogP contribution is 2.31. The Bertz CT molecular complexity index is 897. The highest BCUT2D eigenvalue weighted by Gasteiger charge is 2.30. The third-order valence-corrected chi connectivity index (χ3v) is 6.25. The van der Waals surface area contributed by atoms with Gasteiger partial charge in [0.2, 0.25) is 10.0 Å². The van der Waals surface area contributed by atoms with Crippen molar-refractivity contribution in [2.45, 2.75) is 37.6 Å². The molecule has 1 aliphatic carbocycles. The third kappa shape index (κ3) is 5.94. The molecule has 1 aromatic rings. The molecule has 28 heavy (non-hydrogen) atoms. The van der Waals surface area contributed by atoms with Crippen molar-refractivity contribution in [2.75, 3.05) is 19.7 Å². The predicted molar refractivity (Wildman–Crippen MR) is 107 cm³/mol. The van der Waals surface area contributed by atoms with E-state index in [9.17, 15) is 18.0 Å².